The molecule has 26 heavy (non-hydrogen) atoms. The predicted octanol–water partition coefficient (Wildman–Crippen LogP) is 3.40. The van der Waals surface area contributed by atoms with Crippen LogP contribution in [0.3, 0.4) is 0 Å². The van der Waals surface area contributed by atoms with Gasteiger partial charge in [0.2, 0.25) is 0 Å². The molecule has 1 aromatic carbocycles. The van der Waals surface area contributed by atoms with Crippen LogP contribution in [0.25, 0.3) is 0 Å². The van der Waals surface area contributed by atoms with Gasteiger partial charge in [-0.25, -0.2) is 0 Å². The van der Waals surface area contributed by atoms with Crippen LogP contribution in [0.15, 0.2) is 18.2 Å². The Morgan fingerprint density at radius 1 is 1.31 bits per heavy atom. The lowest BCUT2D eigenvalue weighted by atomic mass is 10.1. The summed E-state index contributed by atoms with van der Waals surface area (Å²) < 4.78 is 13.4. The molecule has 1 aliphatic rings. The van der Waals surface area contributed by atoms with Crippen molar-refractivity contribution in [1.82, 2.24) is 14.7 Å². The van der Waals surface area contributed by atoms with Crippen molar-refractivity contribution in [3.63, 3.8) is 0 Å². The number of rotatable bonds is 7. The Morgan fingerprint density at radius 3 is 2.81 bits per heavy atom. The van der Waals surface area contributed by atoms with E-state index in [1.807, 2.05) is 16.8 Å². The second kappa shape index (κ2) is 8.29. The van der Waals surface area contributed by atoms with Gasteiger partial charge in [-0.05, 0) is 25.5 Å². The largest absolute Gasteiger partial charge is 0.493 e. The van der Waals surface area contributed by atoms with Crippen LogP contribution in [-0.2, 0) is 19.6 Å². The van der Waals surface area contributed by atoms with Crippen LogP contribution in [0.4, 0.5) is 0 Å². The zero-order valence-electron chi connectivity index (χ0n) is 15.5. The zero-order valence-corrected chi connectivity index (χ0v) is 16.3. The molecule has 0 spiro atoms. The first-order chi connectivity index (χ1) is 12.5. The summed E-state index contributed by atoms with van der Waals surface area (Å²) in [4.78, 5) is 2.33. The molecule has 1 aliphatic heterocycles. The molecular weight excluding hydrogens is 354 g/mol. The number of fused-ring (bicyclic) bond motifs is 1. The lowest BCUT2D eigenvalue weighted by Crippen LogP contribution is -2.33. The minimum Gasteiger partial charge on any atom is -0.493 e. The molecule has 0 unspecified atom stereocenters. The molecule has 1 N–H and O–H groups in total. The van der Waals surface area contributed by atoms with Crippen LogP contribution in [-0.4, -0.2) is 40.0 Å². The minimum absolute atomic E-state index is 0.548. The summed E-state index contributed by atoms with van der Waals surface area (Å²) in [5, 5.41) is 14.9. The lowest BCUT2D eigenvalue weighted by Gasteiger charge is -2.28. The van der Waals surface area contributed by atoms with E-state index in [-0.39, 0.29) is 0 Å². The van der Waals surface area contributed by atoms with Crippen LogP contribution in [0.5, 0.6) is 11.5 Å². The van der Waals surface area contributed by atoms with Crippen LogP contribution in [0.1, 0.15) is 43.3 Å². The first-order valence-electron chi connectivity index (χ1n) is 8.98. The van der Waals surface area contributed by atoms with Crippen molar-refractivity contribution >= 4 is 11.6 Å². The third kappa shape index (κ3) is 4.14. The van der Waals surface area contributed by atoms with Crippen molar-refractivity contribution in [3.8, 4) is 11.5 Å². The summed E-state index contributed by atoms with van der Waals surface area (Å²) in [6, 6.07) is 5.71. The number of aliphatic hydroxyl groups excluding tert-OH is 1. The monoisotopic (exact) mass is 379 g/mol. The summed E-state index contributed by atoms with van der Waals surface area (Å²) in [5.41, 5.74) is 2.85. The van der Waals surface area contributed by atoms with Crippen LogP contribution >= 0.6 is 11.6 Å². The maximum atomic E-state index is 9.75. The third-order valence-corrected chi connectivity index (χ3v) is 4.70. The molecular formula is C19H26ClN3O3. The molecule has 0 radical (unpaired) electrons. The quantitative estimate of drug-likeness (QED) is 0.798. The van der Waals surface area contributed by atoms with E-state index in [1.54, 1.807) is 20.1 Å². The Hall–Kier alpha value is -1.76. The van der Waals surface area contributed by atoms with E-state index in [1.165, 1.54) is 0 Å². The van der Waals surface area contributed by atoms with Gasteiger partial charge in [-0.15, -0.1) is 0 Å². The molecule has 7 heteroatoms. The van der Waals surface area contributed by atoms with E-state index in [9.17, 15) is 5.11 Å². The highest BCUT2D eigenvalue weighted by Crippen LogP contribution is 2.36. The van der Waals surface area contributed by atoms with Crippen LogP contribution in [0, 0.1) is 0 Å². The van der Waals surface area contributed by atoms with Crippen LogP contribution < -0.4 is 9.47 Å². The summed E-state index contributed by atoms with van der Waals surface area (Å²) in [6.07, 6.45) is 0.378. The second-order valence-electron chi connectivity index (χ2n) is 6.62. The first kappa shape index (κ1) is 19.0. The van der Waals surface area contributed by atoms with E-state index in [4.69, 9.17) is 21.1 Å². The van der Waals surface area contributed by atoms with Gasteiger partial charge >= 0.3 is 0 Å². The van der Waals surface area contributed by atoms with Gasteiger partial charge in [0.15, 0.2) is 11.5 Å². The Morgan fingerprint density at radius 2 is 2.12 bits per heavy atom. The van der Waals surface area contributed by atoms with Gasteiger partial charge in [-0.2, -0.15) is 5.10 Å². The van der Waals surface area contributed by atoms with Gasteiger partial charge in [-0.3, -0.25) is 9.58 Å². The Bertz CT molecular complexity index is 761. The number of benzene rings is 1. The highest BCUT2D eigenvalue weighted by molar-refractivity contribution is 6.30. The molecule has 2 aromatic rings. The topological polar surface area (TPSA) is 59.8 Å². The number of hydrogen-bond acceptors (Lipinski definition) is 5. The van der Waals surface area contributed by atoms with Gasteiger partial charge in [0.05, 0.1) is 37.8 Å². The standard InChI is InChI=1S/C19H26ClN3O3/c1-4-7-26-19-14(8-15(20)9-18(19)25-3)11-22-5-6-23-16(12-22)10-17(21-23)13(2)24/h8-10,13,24H,4-7,11-12H2,1-3H3/t13-/m1/s1. The van der Waals surface area contributed by atoms with Crippen molar-refractivity contribution in [2.24, 2.45) is 0 Å². The second-order valence-corrected chi connectivity index (χ2v) is 7.05. The van der Waals surface area contributed by atoms with E-state index < -0.39 is 6.10 Å². The van der Waals surface area contributed by atoms with Crippen molar-refractivity contribution < 1.29 is 14.6 Å². The van der Waals surface area contributed by atoms with E-state index in [2.05, 4.69) is 16.9 Å². The smallest absolute Gasteiger partial charge is 0.165 e. The molecule has 0 bridgehead atoms. The molecule has 142 valence electrons. The fourth-order valence-corrected chi connectivity index (χ4v) is 3.41. The Kier molecular flexibility index (Phi) is 6.06. The summed E-state index contributed by atoms with van der Waals surface area (Å²) in [6.45, 7) is 7.60. The molecule has 2 heterocycles. The highest BCUT2D eigenvalue weighted by atomic mass is 35.5. The molecule has 0 amide bonds. The maximum Gasteiger partial charge on any atom is 0.165 e. The van der Waals surface area contributed by atoms with Gasteiger partial charge in [-0.1, -0.05) is 18.5 Å². The summed E-state index contributed by atoms with van der Waals surface area (Å²) in [5.74, 6) is 1.43. The summed E-state index contributed by atoms with van der Waals surface area (Å²) >= 11 is 6.28. The van der Waals surface area contributed by atoms with E-state index in [0.29, 0.717) is 23.9 Å². The molecule has 1 atom stereocenters. The van der Waals surface area contributed by atoms with Gasteiger partial charge < -0.3 is 14.6 Å². The number of methoxy groups -OCH3 is 1. The normalized spacial score (nSPS) is 15.6. The number of ether oxygens (including phenoxy) is 2. The maximum absolute atomic E-state index is 9.75. The number of halogens is 1. The van der Waals surface area contributed by atoms with Gasteiger partial charge in [0.1, 0.15) is 0 Å². The molecule has 0 saturated carbocycles. The molecule has 3 rings (SSSR count). The molecule has 0 aliphatic carbocycles. The average molecular weight is 380 g/mol. The number of aromatic nitrogens is 2. The zero-order chi connectivity index (χ0) is 18.7. The number of aliphatic hydroxyl groups is 1. The van der Waals surface area contributed by atoms with Crippen molar-refractivity contribution in [2.75, 3.05) is 20.3 Å². The Labute approximate surface area is 159 Å². The molecule has 0 fully saturated rings. The third-order valence-electron chi connectivity index (χ3n) is 4.48. The first-order valence-corrected chi connectivity index (χ1v) is 9.35. The number of hydrogen-bond donors (Lipinski definition) is 1. The highest BCUT2D eigenvalue weighted by Gasteiger charge is 2.22. The molecule has 0 saturated heterocycles. The predicted molar refractivity (Wildman–Crippen MR) is 101 cm³/mol. The fraction of sp³-hybridized carbons (Fsp3) is 0.526. The lowest BCUT2D eigenvalue weighted by molar-refractivity contribution is 0.188. The number of nitrogens with zero attached hydrogens (tertiary/aromatic N) is 3. The van der Waals surface area contributed by atoms with E-state index in [0.717, 1.165) is 48.8 Å². The molecule has 6 nitrogen and oxygen atoms in total. The summed E-state index contributed by atoms with van der Waals surface area (Å²) in [7, 11) is 1.63. The Balaban J connectivity index is 1.81. The van der Waals surface area contributed by atoms with Gasteiger partial charge in [0.25, 0.3) is 0 Å². The molecule has 1 aromatic heterocycles. The van der Waals surface area contributed by atoms with Crippen molar-refractivity contribution in [1.29, 1.82) is 0 Å². The van der Waals surface area contributed by atoms with Gasteiger partial charge in [0, 0.05) is 36.3 Å². The van der Waals surface area contributed by atoms with Crippen molar-refractivity contribution in [2.45, 2.75) is 46.0 Å². The average Bonchev–Trinajstić information content (AvgIpc) is 3.04. The fourth-order valence-electron chi connectivity index (χ4n) is 3.18. The van der Waals surface area contributed by atoms with Crippen LogP contribution in [0.2, 0.25) is 5.02 Å². The SMILES string of the molecule is CCCOc1c(CN2CCn3nc([C@@H](C)O)cc3C2)cc(Cl)cc1OC. The van der Waals surface area contributed by atoms with E-state index >= 15 is 0 Å². The minimum atomic E-state index is -0.548. The van der Waals surface area contributed by atoms with Crippen molar-refractivity contribution in [3.05, 3.63) is 40.2 Å².